The number of benzene rings is 2. The minimum Gasteiger partial charge on any atom is -0.495 e. The van der Waals surface area contributed by atoms with Gasteiger partial charge in [-0.2, -0.15) is 0 Å². The number of nitrogens with zero attached hydrogens (tertiary/aromatic N) is 2. The van der Waals surface area contributed by atoms with E-state index in [1.165, 1.54) is 29.2 Å². The highest BCUT2D eigenvalue weighted by molar-refractivity contribution is 8.01. The van der Waals surface area contributed by atoms with Gasteiger partial charge in [-0.3, -0.25) is 4.79 Å². The molecule has 0 radical (unpaired) electrons. The maximum atomic E-state index is 12.3. The summed E-state index contributed by atoms with van der Waals surface area (Å²) < 4.78 is 10.8. The first-order valence-electron chi connectivity index (χ1n) is 9.68. The highest BCUT2D eigenvalue weighted by Gasteiger charge is 2.10. The number of carbonyl (C=O) groups is 2. The number of ether oxygens (including phenoxy) is 2. The minimum atomic E-state index is -0.389. The van der Waals surface area contributed by atoms with Crippen LogP contribution in [0.4, 0.5) is 16.5 Å². The Labute approximate surface area is 194 Å². The number of para-hydroxylation sites is 2. The molecular formula is C22H22N4O4S2. The van der Waals surface area contributed by atoms with Gasteiger partial charge in [0.25, 0.3) is 0 Å². The van der Waals surface area contributed by atoms with Gasteiger partial charge in [0.15, 0.2) is 4.34 Å². The molecular weight excluding hydrogens is 448 g/mol. The standard InChI is InChI=1S/C22H22N4O4S2/c1-3-30-20(28)13-10-15-8-11-16(12-9-15)23-19(27)14-31-22-26-25-21(32-22)24-17-6-4-5-7-18(17)29-2/h4-13H,3,14H2,1-2H3,(H,23,27)(H,24,25)/b13-10-. The third-order valence-corrected chi connectivity index (χ3v) is 5.95. The Morgan fingerprint density at radius 2 is 1.91 bits per heavy atom. The Morgan fingerprint density at radius 1 is 1.12 bits per heavy atom. The zero-order valence-corrected chi connectivity index (χ0v) is 19.2. The van der Waals surface area contributed by atoms with Gasteiger partial charge in [-0.15, -0.1) is 10.2 Å². The third-order valence-electron chi connectivity index (χ3n) is 3.97. The smallest absolute Gasteiger partial charge is 0.330 e. The van der Waals surface area contributed by atoms with Crippen molar-refractivity contribution >= 4 is 57.6 Å². The molecule has 2 aromatic carbocycles. The monoisotopic (exact) mass is 470 g/mol. The van der Waals surface area contributed by atoms with Crippen LogP contribution in [0.3, 0.4) is 0 Å². The second-order valence-electron chi connectivity index (χ2n) is 6.24. The number of rotatable bonds is 10. The number of amides is 1. The fourth-order valence-electron chi connectivity index (χ4n) is 2.54. The van der Waals surface area contributed by atoms with Crippen LogP contribution in [0.1, 0.15) is 12.5 Å². The lowest BCUT2D eigenvalue weighted by atomic mass is 10.2. The van der Waals surface area contributed by atoms with Gasteiger partial charge in [-0.1, -0.05) is 47.4 Å². The number of methoxy groups -OCH3 is 1. The lowest BCUT2D eigenvalue weighted by molar-refractivity contribution is -0.137. The van der Waals surface area contributed by atoms with E-state index < -0.39 is 0 Å². The van der Waals surface area contributed by atoms with E-state index >= 15 is 0 Å². The first-order valence-corrected chi connectivity index (χ1v) is 11.5. The number of nitrogens with one attached hydrogen (secondary N) is 2. The van der Waals surface area contributed by atoms with Crippen LogP contribution in [0, 0.1) is 0 Å². The topological polar surface area (TPSA) is 102 Å². The van der Waals surface area contributed by atoms with E-state index in [-0.39, 0.29) is 17.6 Å². The molecule has 3 rings (SSSR count). The molecule has 1 amide bonds. The summed E-state index contributed by atoms with van der Waals surface area (Å²) in [7, 11) is 1.61. The second kappa shape index (κ2) is 11.9. The molecule has 0 spiro atoms. The first-order chi connectivity index (χ1) is 15.6. The third kappa shape index (κ3) is 7.10. The summed E-state index contributed by atoms with van der Waals surface area (Å²) in [5, 5.41) is 14.8. The Balaban J connectivity index is 1.47. The molecule has 0 aliphatic heterocycles. The van der Waals surface area contributed by atoms with Gasteiger partial charge < -0.3 is 20.1 Å². The quantitative estimate of drug-likeness (QED) is 0.252. The molecule has 0 saturated carbocycles. The summed E-state index contributed by atoms with van der Waals surface area (Å²) in [4.78, 5) is 23.6. The molecule has 0 aliphatic rings. The number of esters is 1. The summed E-state index contributed by atoms with van der Waals surface area (Å²) in [5.41, 5.74) is 2.29. The fourth-order valence-corrected chi connectivity index (χ4v) is 4.10. The normalized spacial score (nSPS) is 10.7. The van der Waals surface area contributed by atoms with Crippen molar-refractivity contribution in [2.24, 2.45) is 0 Å². The lowest BCUT2D eigenvalue weighted by Gasteiger charge is -2.07. The van der Waals surface area contributed by atoms with Crippen molar-refractivity contribution in [3.05, 3.63) is 60.2 Å². The maximum Gasteiger partial charge on any atom is 0.330 e. The Morgan fingerprint density at radius 3 is 2.66 bits per heavy atom. The lowest BCUT2D eigenvalue weighted by Crippen LogP contribution is -2.13. The van der Waals surface area contributed by atoms with E-state index in [0.29, 0.717) is 27.5 Å². The van der Waals surface area contributed by atoms with Gasteiger partial charge in [0.05, 0.1) is 25.2 Å². The maximum absolute atomic E-state index is 12.3. The summed E-state index contributed by atoms with van der Waals surface area (Å²) in [6, 6.07) is 14.7. The fraction of sp³-hybridized carbons (Fsp3) is 0.182. The van der Waals surface area contributed by atoms with Crippen LogP contribution in [0.2, 0.25) is 0 Å². The molecule has 1 heterocycles. The van der Waals surface area contributed by atoms with Gasteiger partial charge in [-0.05, 0) is 42.8 Å². The summed E-state index contributed by atoms with van der Waals surface area (Å²) in [6.07, 6.45) is 3.03. The van der Waals surface area contributed by atoms with Gasteiger partial charge in [0.2, 0.25) is 11.0 Å². The molecule has 166 valence electrons. The predicted octanol–water partition coefficient (Wildman–Crippen LogP) is 4.60. The van der Waals surface area contributed by atoms with Crippen molar-refractivity contribution in [2.45, 2.75) is 11.3 Å². The number of carbonyl (C=O) groups excluding carboxylic acids is 2. The van der Waals surface area contributed by atoms with Crippen LogP contribution < -0.4 is 15.4 Å². The van der Waals surface area contributed by atoms with Crippen LogP contribution in [0.25, 0.3) is 6.08 Å². The summed E-state index contributed by atoms with van der Waals surface area (Å²) in [5.74, 6) is 0.367. The molecule has 0 aliphatic carbocycles. The van der Waals surface area contributed by atoms with E-state index in [1.807, 2.05) is 24.3 Å². The molecule has 2 N–H and O–H groups in total. The molecule has 8 nitrogen and oxygen atoms in total. The van der Waals surface area contributed by atoms with Crippen molar-refractivity contribution < 1.29 is 19.1 Å². The van der Waals surface area contributed by atoms with E-state index in [2.05, 4.69) is 20.8 Å². The van der Waals surface area contributed by atoms with E-state index in [0.717, 1.165) is 11.3 Å². The predicted molar refractivity (Wildman–Crippen MR) is 128 cm³/mol. The number of hydrogen-bond acceptors (Lipinski definition) is 9. The van der Waals surface area contributed by atoms with Crippen LogP contribution in [0.5, 0.6) is 5.75 Å². The highest BCUT2D eigenvalue weighted by Crippen LogP contribution is 2.31. The van der Waals surface area contributed by atoms with Crippen LogP contribution in [0.15, 0.2) is 58.9 Å². The first kappa shape index (κ1) is 23.3. The van der Waals surface area contributed by atoms with E-state index in [9.17, 15) is 9.59 Å². The van der Waals surface area contributed by atoms with Gasteiger partial charge >= 0.3 is 5.97 Å². The molecule has 0 unspecified atom stereocenters. The Bertz CT molecular complexity index is 1080. The number of thioether (sulfide) groups is 1. The molecule has 0 bridgehead atoms. The molecule has 1 aromatic heterocycles. The molecule has 0 saturated heterocycles. The van der Waals surface area contributed by atoms with Crippen molar-refractivity contribution in [2.75, 3.05) is 30.1 Å². The van der Waals surface area contributed by atoms with Crippen LogP contribution >= 0.6 is 23.1 Å². The number of hydrogen-bond donors (Lipinski definition) is 2. The second-order valence-corrected chi connectivity index (χ2v) is 8.44. The van der Waals surface area contributed by atoms with Gasteiger partial charge in [0.1, 0.15) is 5.75 Å². The van der Waals surface area contributed by atoms with Crippen LogP contribution in [-0.4, -0.2) is 41.5 Å². The van der Waals surface area contributed by atoms with E-state index in [4.69, 9.17) is 9.47 Å². The average molecular weight is 471 g/mol. The Hall–Kier alpha value is -3.37. The molecule has 10 heteroatoms. The molecule has 0 fully saturated rings. The van der Waals surface area contributed by atoms with Crippen molar-refractivity contribution in [1.29, 1.82) is 0 Å². The zero-order chi connectivity index (χ0) is 22.8. The largest absolute Gasteiger partial charge is 0.495 e. The average Bonchev–Trinajstić information content (AvgIpc) is 3.25. The highest BCUT2D eigenvalue weighted by atomic mass is 32.2. The Kier molecular flexibility index (Phi) is 8.64. The van der Waals surface area contributed by atoms with Gasteiger partial charge in [0, 0.05) is 11.8 Å². The summed E-state index contributed by atoms with van der Waals surface area (Å²) in [6.45, 7) is 2.09. The van der Waals surface area contributed by atoms with Crippen molar-refractivity contribution in [1.82, 2.24) is 10.2 Å². The minimum absolute atomic E-state index is 0.153. The molecule has 32 heavy (non-hydrogen) atoms. The van der Waals surface area contributed by atoms with Crippen molar-refractivity contribution in [3.63, 3.8) is 0 Å². The summed E-state index contributed by atoms with van der Waals surface area (Å²) >= 11 is 2.66. The number of anilines is 3. The molecule has 3 aromatic rings. The SMILES string of the molecule is CCOC(=O)/C=C\c1ccc(NC(=O)CSc2nnc(Nc3ccccc3OC)s2)cc1. The van der Waals surface area contributed by atoms with Crippen LogP contribution in [-0.2, 0) is 14.3 Å². The number of aromatic nitrogens is 2. The zero-order valence-electron chi connectivity index (χ0n) is 17.5. The molecule has 0 atom stereocenters. The van der Waals surface area contributed by atoms with Crippen molar-refractivity contribution in [3.8, 4) is 5.75 Å². The van der Waals surface area contributed by atoms with E-state index in [1.54, 1.807) is 44.4 Å². The van der Waals surface area contributed by atoms with Gasteiger partial charge in [-0.25, -0.2) is 4.79 Å².